The zero-order chi connectivity index (χ0) is 29.7. The van der Waals surface area contributed by atoms with Gasteiger partial charge in [-0.1, -0.05) is 84.8 Å². The zero-order valence-electron chi connectivity index (χ0n) is 26.0. The summed E-state index contributed by atoms with van der Waals surface area (Å²) in [7, 11) is -0.789. The largest absolute Gasteiger partial charge is 0.487 e. The van der Waals surface area contributed by atoms with Gasteiger partial charge in [0.15, 0.2) is 0 Å². The van der Waals surface area contributed by atoms with Crippen LogP contribution in [0, 0.1) is 0 Å². The van der Waals surface area contributed by atoms with E-state index in [-0.39, 0.29) is 34.2 Å². The second-order valence-corrected chi connectivity index (χ2v) is 14.2. The van der Waals surface area contributed by atoms with E-state index in [1.165, 1.54) is 44.5 Å². The van der Waals surface area contributed by atoms with Gasteiger partial charge < -0.3 is 18.6 Å². The molecule has 3 aromatic carbocycles. The summed E-state index contributed by atoms with van der Waals surface area (Å²) >= 11 is 0. The number of hydrogen-bond acceptors (Lipinski definition) is 4. The Morgan fingerprint density at radius 2 is 0.762 bits per heavy atom. The van der Waals surface area contributed by atoms with E-state index in [4.69, 9.17) is 18.6 Å². The van der Waals surface area contributed by atoms with Gasteiger partial charge in [0.2, 0.25) is 0 Å². The van der Waals surface area contributed by atoms with Crippen LogP contribution < -0.4 is 0 Å². The van der Waals surface area contributed by atoms with Crippen molar-refractivity contribution < 1.29 is 18.6 Å². The summed E-state index contributed by atoms with van der Waals surface area (Å²) in [5, 5.41) is 0. The van der Waals surface area contributed by atoms with Gasteiger partial charge in [-0.2, -0.15) is 0 Å². The maximum atomic E-state index is 6.31. The van der Waals surface area contributed by atoms with Crippen LogP contribution in [0.2, 0.25) is 0 Å². The van der Waals surface area contributed by atoms with Gasteiger partial charge in [-0.05, 0) is 99.9 Å². The molecule has 2 aliphatic heterocycles. The van der Waals surface area contributed by atoms with Crippen LogP contribution in [0.5, 0.6) is 0 Å². The highest BCUT2D eigenvalue weighted by Gasteiger charge is 2.51. The van der Waals surface area contributed by atoms with Crippen LogP contribution in [0.1, 0.15) is 112 Å². The lowest BCUT2D eigenvalue weighted by molar-refractivity contribution is 0.00578. The SMILES string of the molecule is CC1(C)OB(/C=C/c2ccc(/C=C/B3OC(C)(C)C(C)(C)O3)c3c2C2c4ccccc4C3c3ccccc32)OC1(C)C. The molecule has 6 heteroatoms. The molecule has 42 heavy (non-hydrogen) atoms. The average molecular weight is 558 g/mol. The van der Waals surface area contributed by atoms with Gasteiger partial charge in [-0.25, -0.2) is 0 Å². The van der Waals surface area contributed by atoms with Crippen molar-refractivity contribution in [3.8, 4) is 0 Å². The Kier molecular flexibility index (Phi) is 6.18. The molecule has 0 aromatic heterocycles. The van der Waals surface area contributed by atoms with Crippen molar-refractivity contribution in [2.24, 2.45) is 0 Å². The van der Waals surface area contributed by atoms with Crippen LogP contribution in [0.15, 0.2) is 72.6 Å². The summed E-state index contributed by atoms with van der Waals surface area (Å²) in [6, 6.07) is 22.4. The van der Waals surface area contributed by atoms with Crippen molar-refractivity contribution in [2.45, 2.75) is 89.6 Å². The molecule has 3 aromatic rings. The van der Waals surface area contributed by atoms with E-state index in [0.29, 0.717) is 0 Å². The van der Waals surface area contributed by atoms with Crippen molar-refractivity contribution in [1.29, 1.82) is 0 Å². The van der Waals surface area contributed by atoms with E-state index in [1.807, 2.05) is 0 Å². The van der Waals surface area contributed by atoms with Gasteiger partial charge in [0, 0.05) is 11.8 Å². The van der Waals surface area contributed by atoms with E-state index in [9.17, 15) is 0 Å². The molecule has 2 heterocycles. The normalized spacial score (nSPS) is 25.7. The number of benzene rings is 3. The van der Waals surface area contributed by atoms with Crippen molar-refractivity contribution in [3.63, 3.8) is 0 Å². The van der Waals surface area contributed by atoms with Crippen molar-refractivity contribution in [3.05, 3.63) is 117 Å². The first-order chi connectivity index (χ1) is 19.8. The Hall–Kier alpha value is -2.89. The summed E-state index contributed by atoms with van der Waals surface area (Å²) in [6.07, 6.45) is 4.41. The topological polar surface area (TPSA) is 36.9 Å². The molecule has 0 radical (unpaired) electrons. The van der Waals surface area contributed by atoms with E-state index < -0.39 is 14.2 Å². The first kappa shape index (κ1) is 27.9. The van der Waals surface area contributed by atoms with Crippen molar-refractivity contribution in [2.75, 3.05) is 0 Å². The molecule has 0 unspecified atom stereocenters. The first-order valence-corrected chi connectivity index (χ1v) is 15.2. The van der Waals surface area contributed by atoms with Gasteiger partial charge in [0.05, 0.1) is 22.4 Å². The fourth-order valence-electron chi connectivity index (χ4n) is 6.93. The van der Waals surface area contributed by atoms with Crippen LogP contribution in [-0.4, -0.2) is 36.6 Å². The first-order valence-electron chi connectivity index (χ1n) is 15.2. The fourth-order valence-corrected chi connectivity index (χ4v) is 6.93. The lowest BCUT2D eigenvalue weighted by Gasteiger charge is -2.43. The summed E-state index contributed by atoms with van der Waals surface area (Å²) in [6.45, 7) is 16.8. The van der Waals surface area contributed by atoms with Crippen LogP contribution >= 0.6 is 0 Å². The van der Waals surface area contributed by atoms with Gasteiger partial charge in [-0.3, -0.25) is 0 Å². The molecule has 2 fully saturated rings. The fraction of sp³-hybridized carbons (Fsp3) is 0.389. The molecular formula is C36H40B2O4. The molecule has 0 saturated carbocycles. The quantitative estimate of drug-likeness (QED) is 0.210. The molecule has 0 N–H and O–H groups in total. The van der Waals surface area contributed by atoms with Crippen LogP contribution in [-0.2, 0) is 18.6 Å². The monoisotopic (exact) mass is 558 g/mol. The predicted octanol–water partition coefficient (Wildman–Crippen LogP) is 7.96. The minimum Gasteiger partial charge on any atom is -0.400 e. The molecule has 214 valence electrons. The highest BCUT2D eigenvalue weighted by atomic mass is 16.7. The van der Waals surface area contributed by atoms with Crippen molar-refractivity contribution in [1.82, 2.24) is 0 Å². The molecular weight excluding hydrogens is 518 g/mol. The molecule has 0 spiro atoms. The van der Waals surface area contributed by atoms with Crippen LogP contribution in [0.4, 0.5) is 0 Å². The average Bonchev–Trinajstić information content (AvgIpc) is 3.28. The minimum absolute atomic E-state index is 0.153. The third kappa shape index (κ3) is 4.14. The van der Waals surface area contributed by atoms with E-state index >= 15 is 0 Å². The lowest BCUT2D eigenvalue weighted by atomic mass is 9.59. The third-order valence-corrected chi connectivity index (χ3v) is 10.6. The maximum Gasteiger partial charge on any atom is 0.487 e. The van der Waals surface area contributed by atoms with Gasteiger partial charge in [-0.15, -0.1) is 0 Å². The predicted molar refractivity (Wildman–Crippen MR) is 171 cm³/mol. The molecule has 0 atom stereocenters. The molecule has 8 rings (SSSR count). The zero-order valence-corrected chi connectivity index (χ0v) is 26.0. The molecule has 0 amide bonds. The van der Waals surface area contributed by atoms with Crippen LogP contribution in [0.25, 0.3) is 12.2 Å². The molecule has 5 aliphatic rings. The Balaban J connectivity index is 1.35. The molecule has 3 aliphatic carbocycles. The highest BCUT2D eigenvalue weighted by molar-refractivity contribution is 6.53. The Labute approximate surface area is 251 Å². The standard InChI is InChI=1S/C36H40B2O4/c1-33(2)34(3,4)40-37(39-33)21-19-23-17-18-24(20-22-38-41-35(5,6)36(7,8)42-38)30-29(23)31-25-13-9-11-15-27(25)32(30)28-16-12-10-14-26(28)31/h9-22,31-32H,1-8H3/b21-19+,22-20+. The van der Waals surface area contributed by atoms with Crippen LogP contribution in [0.3, 0.4) is 0 Å². The van der Waals surface area contributed by atoms with E-state index in [0.717, 1.165) is 0 Å². The number of rotatable bonds is 4. The van der Waals surface area contributed by atoms with E-state index in [2.05, 4.69) is 140 Å². The second kappa shape index (κ2) is 9.30. The highest BCUT2D eigenvalue weighted by Crippen LogP contribution is 2.57. The van der Waals surface area contributed by atoms with Gasteiger partial charge >= 0.3 is 14.2 Å². The minimum atomic E-state index is -0.394. The Morgan fingerprint density at radius 3 is 1.05 bits per heavy atom. The molecule has 4 nitrogen and oxygen atoms in total. The third-order valence-electron chi connectivity index (χ3n) is 10.6. The maximum absolute atomic E-state index is 6.31. The summed E-state index contributed by atoms with van der Waals surface area (Å²) in [5.74, 6) is 4.46. The summed E-state index contributed by atoms with van der Waals surface area (Å²) in [4.78, 5) is 0. The summed E-state index contributed by atoms with van der Waals surface area (Å²) in [5.41, 5.74) is 9.21. The van der Waals surface area contributed by atoms with E-state index in [1.54, 1.807) is 0 Å². The number of hydrogen-bond donors (Lipinski definition) is 0. The lowest BCUT2D eigenvalue weighted by Crippen LogP contribution is -2.41. The Bertz CT molecular complexity index is 1430. The molecule has 2 saturated heterocycles. The van der Waals surface area contributed by atoms with Crippen molar-refractivity contribution >= 4 is 26.4 Å². The Morgan fingerprint density at radius 1 is 0.476 bits per heavy atom. The summed E-state index contributed by atoms with van der Waals surface area (Å²) < 4.78 is 25.2. The smallest absolute Gasteiger partial charge is 0.400 e. The van der Waals surface area contributed by atoms with Gasteiger partial charge in [0.25, 0.3) is 0 Å². The molecule has 2 bridgehead atoms. The second-order valence-electron chi connectivity index (χ2n) is 14.2. The van der Waals surface area contributed by atoms with Gasteiger partial charge in [0.1, 0.15) is 0 Å².